The first kappa shape index (κ1) is 22.4. The fourth-order valence-corrected chi connectivity index (χ4v) is 3.38. The van der Waals surface area contributed by atoms with Gasteiger partial charge in [-0.1, -0.05) is 17.3 Å². The SMILES string of the molecule is CCNC(=NCCCc1nc(C)no1)N1CCC(c2ccc(OC)cc2)C1.I. The highest BCUT2D eigenvalue weighted by atomic mass is 127. The molecule has 0 spiro atoms. The number of benzene rings is 1. The smallest absolute Gasteiger partial charge is 0.226 e. The molecule has 1 saturated heterocycles. The summed E-state index contributed by atoms with van der Waals surface area (Å²) in [6, 6.07) is 8.42. The van der Waals surface area contributed by atoms with E-state index in [1.54, 1.807) is 7.11 Å². The molecule has 0 amide bonds. The third-order valence-electron chi connectivity index (χ3n) is 4.79. The molecule has 2 aromatic rings. The van der Waals surface area contributed by atoms with Gasteiger partial charge in [-0.05, 0) is 44.4 Å². The maximum atomic E-state index is 5.26. The van der Waals surface area contributed by atoms with Gasteiger partial charge in [0.25, 0.3) is 0 Å². The number of hydrogen-bond donors (Lipinski definition) is 1. The molecule has 3 rings (SSSR count). The van der Waals surface area contributed by atoms with Gasteiger partial charge in [0.05, 0.1) is 7.11 Å². The first-order valence-electron chi connectivity index (χ1n) is 9.66. The number of nitrogens with one attached hydrogen (secondary N) is 1. The van der Waals surface area contributed by atoms with E-state index in [1.165, 1.54) is 5.56 Å². The van der Waals surface area contributed by atoms with E-state index in [0.29, 0.717) is 17.6 Å². The van der Waals surface area contributed by atoms with Crippen LogP contribution in [0.15, 0.2) is 33.8 Å². The van der Waals surface area contributed by atoms with Crippen LogP contribution in [-0.4, -0.2) is 54.3 Å². The van der Waals surface area contributed by atoms with E-state index in [4.69, 9.17) is 14.3 Å². The highest BCUT2D eigenvalue weighted by Crippen LogP contribution is 2.28. The van der Waals surface area contributed by atoms with E-state index in [-0.39, 0.29) is 24.0 Å². The maximum Gasteiger partial charge on any atom is 0.226 e. The normalized spacial score (nSPS) is 16.8. The average Bonchev–Trinajstić information content (AvgIpc) is 3.34. The molecular weight excluding hydrogens is 469 g/mol. The summed E-state index contributed by atoms with van der Waals surface area (Å²) in [6.45, 7) is 7.56. The zero-order valence-electron chi connectivity index (χ0n) is 16.9. The number of nitrogens with zero attached hydrogens (tertiary/aromatic N) is 4. The summed E-state index contributed by atoms with van der Waals surface area (Å²) in [5.41, 5.74) is 1.36. The van der Waals surface area contributed by atoms with Crippen LogP contribution in [-0.2, 0) is 6.42 Å². The van der Waals surface area contributed by atoms with Crippen molar-refractivity contribution in [1.29, 1.82) is 0 Å². The molecule has 154 valence electrons. The molecule has 1 aromatic carbocycles. The van der Waals surface area contributed by atoms with Crippen molar-refractivity contribution in [1.82, 2.24) is 20.4 Å². The molecule has 8 heteroatoms. The molecule has 28 heavy (non-hydrogen) atoms. The maximum absolute atomic E-state index is 5.26. The molecule has 1 aliphatic rings. The molecule has 1 N–H and O–H groups in total. The number of ether oxygens (including phenoxy) is 1. The summed E-state index contributed by atoms with van der Waals surface area (Å²) < 4.78 is 10.4. The lowest BCUT2D eigenvalue weighted by Gasteiger charge is -2.21. The van der Waals surface area contributed by atoms with Crippen molar-refractivity contribution in [3.63, 3.8) is 0 Å². The van der Waals surface area contributed by atoms with Crippen LogP contribution in [0.25, 0.3) is 0 Å². The fourth-order valence-electron chi connectivity index (χ4n) is 3.38. The van der Waals surface area contributed by atoms with Gasteiger partial charge in [0.15, 0.2) is 11.8 Å². The molecule has 1 aromatic heterocycles. The van der Waals surface area contributed by atoms with E-state index in [9.17, 15) is 0 Å². The molecule has 1 aliphatic heterocycles. The number of likely N-dealkylation sites (tertiary alicyclic amines) is 1. The highest BCUT2D eigenvalue weighted by Gasteiger charge is 2.26. The predicted octanol–water partition coefficient (Wildman–Crippen LogP) is 3.39. The molecule has 1 atom stereocenters. The number of halogens is 1. The van der Waals surface area contributed by atoms with E-state index in [0.717, 1.165) is 57.2 Å². The van der Waals surface area contributed by atoms with Crippen molar-refractivity contribution in [2.75, 3.05) is 33.3 Å². The van der Waals surface area contributed by atoms with Crippen LogP contribution in [0.1, 0.15) is 43.0 Å². The van der Waals surface area contributed by atoms with Gasteiger partial charge < -0.3 is 19.5 Å². The van der Waals surface area contributed by atoms with Gasteiger partial charge in [0.1, 0.15) is 5.75 Å². The van der Waals surface area contributed by atoms with Crippen molar-refractivity contribution >= 4 is 29.9 Å². The van der Waals surface area contributed by atoms with Gasteiger partial charge in [-0.15, -0.1) is 24.0 Å². The van der Waals surface area contributed by atoms with Crippen molar-refractivity contribution in [2.24, 2.45) is 4.99 Å². The Labute approximate surface area is 184 Å². The lowest BCUT2D eigenvalue weighted by molar-refractivity contribution is 0.372. The van der Waals surface area contributed by atoms with E-state index in [2.05, 4.69) is 39.4 Å². The first-order chi connectivity index (χ1) is 13.2. The second kappa shape index (κ2) is 11.2. The van der Waals surface area contributed by atoms with Gasteiger partial charge in [-0.3, -0.25) is 4.99 Å². The van der Waals surface area contributed by atoms with E-state index < -0.39 is 0 Å². The Kier molecular flexibility index (Phi) is 9.01. The summed E-state index contributed by atoms with van der Waals surface area (Å²) >= 11 is 0. The predicted molar refractivity (Wildman–Crippen MR) is 121 cm³/mol. The number of aliphatic imine (C=N–C) groups is 1. The van der Waals surface area contributed by atoms with Crippen LogP contribution < -0.4 is 10.1 Å². The van der Waals surface area contributed by atoms with Gasteiger partial charge >= 0.3 is 0 Å². The van der Waals surface area contributed by atoms with E-state index >= 15 is 0 Å². The van der Waals surface area contributed by atoms with Crippen LogP contribution in [0.3, 0.4) is 0 Å². The Morgan fingerprint density at radius 3 is 2.79 bits per heavy atom. The molecule has 0 bridgehead atoms. The topological polar surface area (TPSA) is 75.8 Å². The molecule has 7 nitrogen and oxygen atoms in total. The molecule has 1 fully saturated rings. The Morgan fingerprint density at radius 1 is 1.36 bits per heavy atom. The quantitative estimate of drug-likeness (QED) is 0.273. The zero-order chi connectivity index (χ0) is 19.1. The third kappa shape index (κ3) is 6.08. The zero-order valence-corrected chi connectivity index (χ0v) is 19.2. The van der Waals surface area contributed by atoms with E-state index in [1.807, 2.05) is 19.1 Å². The van der Waals surface area contributed by atoms with Crippen LogP contribution >= 0.6 is 24.0 Å². The van der Waals surface area contributed by atoms with Gasteiger partial charge in [-0.2, -0.15) is 4.98 Å². The summed E-state index contributed by atoms with van der Waals surface area (Å²) in [7, 11) is 1.70. The second-order valence-corrected chi connectivity index (χ2v) is 6.78. The minimum atomic E-state index is 0. The van der Waals surface area contributed by atoms with Crippen molar-refractivity contribution in [3.8, 4) is 5.75 Å². The third-order valence-corrected chi connectivity index (χ3v) is 4.79. The summed E-state index contributed by atoms with van der Waals surface area (Å²) in [6.07, 6.45) is 2.79. The minimum absolute atomic E-state index is 0. The number of guanidine groups is 1. The van der Waals surface area contributed by atoms with Crippen molar-refractivity contribution < 1.29 is 9.26 Å². The number of aryl methyl sites for hydroxylation is 2. The largest absolute Gasteiger partial charge is 0.497 e. The van der Waals surface area contributed by atoms with Crippen LogP contribution in [0, 0.1) is 6.92 Å². The van der Waals surface area contributed by atoms with Gasteiger partial charge in [0.2, 0.25) is 5.89 Å². The molecule has 2 heterocycles. The number of hydrogen-bond acceptors (Lipinski definition) is 5. The summed E-state index contributed by atoms with van der Waals surface area (Å²) in [4.78, 5) is 11.4. The molecule has 0 radical (unpaired) electrons. The fraction of sp³-hybridized carbons (Fsp3) is 0.550. The molecule has 0 saturated carbocycles. The van der Waals surface area contributed by atoms with Crippen LogP contribution in [0.2, 0.25) is 0 Å². The standard InChI is InChI=1S/C20H29N5O2.HI/c1-4-21-20(22-12-5-6-19-23-15(2)24-27-19)25-13-11-17(14-25)16-7-9-18(26-3)10-8-16;/h7-10,17H,4-6,11-14H2,1-3H3,(H,21,22);1H. The highest BCUT2D eigenvalue weighted by molar-refractivity contribution is 14.0. The summed E-state index contributed by atoms with van der Waals surface area (Å²) in [5.74, 6) is 3.80. The van der Waals surface area contributed by atoms with Gasteiger partial charge in [0, 0.05) is 38.5 Å². The Balaban J connectivity index is 0.00000280. The molecule has 1 unspecified atom stereocenters. The Hall–Kier alpha value is -1.84. The number of methoxy groups -OCH3 is 1. The monoisotopic (exact) mass is 499 g/mol. The molecular formula is C20H30IN5O2. The minimum Gasteiger partial charge on any atom is -0.497 e. The first-order valence-corrected chi connectivity index (χ1v) is 9.66. The number of rotatable bonds is 7. The number of aromatic nitrogens is 2. The summed E-state index contributed by atoms with van der Waals surface area (Å²) in [5, 5.41) is 7.24. The average molecular weight is 499 g/mol. The van der Waals surface area contributed by atoms with Crippen LogP contribution in [0.5, 0.6) is 5.75 Å². The lowest BCUT2D eigenvalue weighted by Crippen LogP contribution is -2.40. The Morgan fingerprint density at radius 2 is 2.14 bits per heavy atom. The van der Waals surface area contributed by atoms with Crippen molar-refractivity contribution in [3.05, 3.63) is 41.5 Å². The second-order valence-electron chi connectivity index (χ2n) is 6.78. The van der Waals surface area contributed by atoms with Crippen molar-refractivity contribution in [2.45, 2.75) is 39.0 Å². The van der Waals surface area contributed by atoms with Gasteiger partial charge in [-0.25, -0.2) is 0 Å². The Bertz CT molecular complexity index is 747. The molecule has 0 aliphatic carbocycles. The lowest BCUT2D eigenvalue weighted by atomic mass is 9.98. The van der Waals surface area contributed by atoms with Crippen LogP contribution in [0.4, 0.5) is 0 Å².